The Morgan fingerprint density at radius 3 is 2.48 bits per heavy atom. The third-order valence-electron chi connectivity index (χ3n) is 3.95. The monoisotopic (exact) mass is 448 g/mol. The molecular weight excluding hydrogens is 430 g/mol. The van der Waals surface area contributed by atoms with Gasteiger partial charge in [0.1, 0.15) is 17.4 Å². The molecule has 0 radical (unpaired) electrons. The second-order valence-corrected chi connectivity index (χ2v) is 8.36. The maximum absolute atomic E-state index is 13.7. The number of halogens is 2. The Balaban J connectivity index is 1.67. The minimum Gasteiger partial charge on any atom is -0.453 e. The third-order valence-corrected chi connectivity index (χ3v) is 5.41. The van der Waals surface area contributed by atoms with Gasteiger partial charge < -0.3 is 10.1 Å². The van der Waals surface area contributed by atoms with Crippen molar-refractivity contribution in [1.82, 2.24) is 9.29 Å². The Hall–Kier alpha value is -3.57. The van der Waals surface area contributed by atoms with Crippen molar-refractivity contribution in [1.29, 1.82) is 0 Å². The fraction of sp³-hybridized carbons (Fsp3) is 0.100. The van der Waals surface area contributed by atoms with Gasteiger partial charge in [-0.1, -0.05) is 6.07 Å². The highest BCUT2D eigenvalue weighted by Crippen LogP contribution is 2.25. The van der Waals surface area contributed by atoms with Crippen molar-refractivity contribution < 1.29 is 26.7 Å². The predicted octanol–water partition coefficient (Wildman–Crippen LogP) is 3.62. The first-order valence-electron chi connectivity index (χ1n) is 8.85. The van der Waals surface area contributed by atoms with Crippen molar-refractivity contribution in [2.24, 2.45) is 0 Å². The number of amides is 1. The molecule has 31 heavy (non-hydrogen) atoms. The highest BCUT2D eigenvalue weighted by Gasteiger charge is 2.15. The van der Waals surface area contributed by atoms with E-state index >= 15 is 0 Å². The fourth-order valence-corrected chi connectivity index (χ4v) is 2.96. The number of rotatable bonds is 7. The van der Waals surface area contributed by atoms with Gasteiger partial charge in [-0.2, -0.15) is 12.7 Å². The van der Waals surface area contributed by atoms with E-state index in [9.17, 15) is 22.0 Å². The maximum atomic E-state index is 13.7. The fourth-order valence-electron chi connectivity index (χ4n) is 2.35. The van der Waals surface area contributed by atoms with Gasteiger partial charge in [-0.05, 0) is 42.5 Å². The highest BCUT2D eigenvalue weighted by molar-refractivity contribution is 7.90. The summed E-state index contributed by atoms with van der Waals surface area (Å²) in [6.45, 7) is 0. The molecular formula is C20H18F2N4O4S. The van der Waals surface area contributed by atoms with Crippen LogP contribution in [-0.2, 0) is 10.2 Å². The summed E-state index contributed by atoms with van der Waals surface area (Å²) in [5.74, 6) is -1.89. The van der Waals surface area contributed by atoms with Gasteiger partial charge in [0.05, 0.1) is 11.9 Å². The van der Waals surface area contributed by atoms with Crippen LogP contribution in [0.5, 0.6) is 11.5 Å². The van der Waals surface area contributed by atoms with Crippen LogP contribution >= 0.6 is 0 Å². The van der Waals surface area contributed by atoms with E-state index in [1.807, 2.05) is 0 Å². The standard InChI is InChI=1S/C20H18F2N4O4S/c1-26(2)31(28,29)25-15-5-3-4-13(10-15)20(27)24-19-9-7-16(12-23-19)30-18-8-6-14(21)11-17(18)22/h3-12,25H,1-2H3,(H,23,24,27). The Morgan fingerprint density at radius 2 is 1.84 bits per heavy atom. The number of ether oxygens (including phenoxy) is 1. The first-order chi connectivity index (χ1) is 14.6. The molecule has 1 aromatic heterocycles. The minimum absolute atomic E-state index is 0.169. The van der Waals surface area contributed by atoms with E-state index in [-0.39, 0.29) is 28.6 Å². The molecule has 0 aliphatic carbocycles. The van der Waals surface area contributed by atoms with Crippen LogP contribution in [0.3, 0.4) is 0 Å². The van der Waals surface area contributed by atoms with Crippen LogP contribution in [0.4, 0.5) is 20.3 Å². The number of benzene rings is 2. The van der Waals surface area contributed by atoms with E-state index in [0.717, 1.165) is 16.4 Å². The van der Waals surface area contributed by atoms with Crippen molar-refractivity contribution in [3.8, 4) is 11.5 Å². The molecule has 8 nitrogen and oxygen atoms in total. The lowest BCUT2D eigenvalue weighted by Gasteiger charge is -2.14. The molecule has 2 N–H and O–H groups in total. The lowest BCUT2D eigenvalue weighted by molar-refractivity contribution is 0.102. The van der Waals surface area contributed by atoms with Gasteiger partial charge >= 0.3 is 10.2 Å². The summed E-state index contributed by atoms with van der Waals surface area (Å²) >= 11 is 0. The summed E-state index contributed by atoms with van der Waals surface area (Å²) < 4.78 is 59.1. The zero-order valence-electron chi connectivity index (χ0n) is 16.5. The number of hydrogen-bond donors (Lipinski definition) is 2. The van der Waals surface area contributed by atoms with Crippen LogP contribution in [0, 0.1) is 11.6 Å². The van der Waals surface area contributed by atoms with Crippen LogP contribution in [0.1, 0.15) is 10.4 Å². The summed E-state index contributed by atoms with van der Waals surface area (Å²) in [5.41, 5.74) is 0.425. The molecule has 1 heterocycles. The topological polar surface area (TPSA) is 101 Å². The predicted molar refractivity (Wildman–Crippen MR) is 111 cm³/mol. The molecule has 0 unspecified atom stereocenters. The van der Waals surface area contributed by atoms with Gasteiger partial charge in [0.2, 0.25) is 0 Å². The van der Waals surface area contributed by atoms with Crippen LogP contribution in [-0.4, -0.2) is 37.7 Å². The van der Waals surface area contributed by atoms with Gasteiger partial charge in [0.25, 0.3) is 5.91 Å². The Morgan fingerprint density at radius 1 is 1.06 bits per heavy atom. The lowest BCUT2D eigenvalue weighted by Crippen LogP contribution is -2.29. The van der Waals surface area contributed by atoms with Gasteiger partial charge in [0.15, 0.2) is 11.6 Å². The molecule has 0 bridgehead atoms. The second kappa shape index (κ2) is 9.06. The van der Waals surface area contributed by atoms with Crippen molar-refractivity contribution in [2.75, 3.05) is 24.1 Å². The SMILES string of the molecule is CN(C)S(=O)(=O)Nc1cccc(C(=O)Nc2ccc(Oc3ccc(F)cc3F)cn2)c1. The van der Waals surface area contributed by atoms with E-state index in [1.165, 1.54) is 56.7 Å². The zero-order valence-corrected chi connectivity index (χ0v) is 17.3. The molecule has 0 spiro atoms. The van der Waals surface area contributed by atoms with Crippen molar-refractivity contribution >= 4 is 27.6 Å². The quantitative estimate of drug-likeness (QED) is 0.575. The van der Waals surface area contributed by atoms with Gasteiger partial charge in [-0.15, -0.1) is 0 Å². The largest absolute Gasteiger partial charge is 0.453 e. The number of nitrogens with zero attached hydrogens (tertiary/aromatic N) is 2. The smallest absolute Gasteiger partial charge is 0.301 e. The van der Waals surface area contributed by atoms with Crippen molar-refractivity contribution in [3.05, 3.63) is 78.0 Å². The second-order valence-electron chi connectivity index (χ2n) is 6.48. The summed E-state index contributed by atoms with van der Waals surface area (Å²) in [6, 6.07) is 11.7. The van der Waals surface area contributed by atoms with E-state index in [1.54, 1.807) is 0 Å². The molecule has 11 heteroatoms. The number of hydrogen-bond acceptors (Lipinski definition) is 5. The molecule has 1 amide bonds. The summed E-state index contributed by atoms with van der Waals surface area (Å²) in [6.07, 6.45) is 1.26. The van der Waals surface area contributed by atoms with E-state index < -0.39 is 27.8 Å². The van der Waals surface area contributed by atoms with Gasteiger partial charge in [-0.3, -0.25) is 9.52 Å². The summed E-state index contributed by atoms with van der Waals surface area (Å²) in [4.78, 5) is 16.5. The number of aromatic nitrogens is 1. The van der Waals surface area contributed by atoms with Crippen LogP contribution < -0.4 is 14.8 Å². The first kappa shape index (κ1) is 22.1. The maximum Gasteiger partial charge on any atom is 0.301 e. The zero-order chi connectivity index (χ0) is 22.6. The summed E-state index contributed by atoms with van der Waals surface area (Å²) in [7, 11) is -0.956. The molecule has 3 aromatic rings. The number of nitrogens with one attached hydrogen (secondary N) is 2. The first-order valence-corrected chi connectivity index (χ1v) is 10.3. The normalized spacial score (nSPS) is 11.3. The number of carbonyl (C=O) groups excluding carboxylic acids is 1. The molecule has 2 aromatic carbocycles. The number of anilines is 2. The molecule has 0 fully saturated rings. The van der Waals surface area contributed by atoms with Crippen LogP contribution in [0.25, 0.3) is 0 Å². The average Bonchev–Trinajstić information content (AvgIpc) is 2.71. The highest BCUT2D eigenvalue weighted by atomic mass is 32.2. The minimum atomic E-state index is -3.71. The molecule has 0 aliphatic rings. The molecule has 0 atom stereocenters. The molecule has 0 saturated carbocycles. The number of carbonyl (C=O) groups is 1. The Labute approximate surface area is 177 Å². The Kier molecular flexibility index (Phi) is 6.47. The van der Waals surface area contributed by atoms with Crippen molar-refractivity contribution in [2.45, 2.75) is 0 Å². The van der Waals surface area contributed by atoms with Gasteiger partial charge in [-0.25, -0.2) is 13.8 Å². The van der Waals surface area contributed by atoms with Crippen molar-refractivity contribution in [3.63, 3.8) is 0 Å². The van der Waals surface area contributed by atoms with Crippen LogP contribution in [0.2, 0.25) is 0 Å². The average molecular weight is 448 g/mol. The molecule has 0 aliphatic heterocycles. The molecule has 3 rings (SSSR count). The van der Waals surface area contributed by atoms with E-state index in [4.69, 9.17) is 4.74 Å². The third kappa shape index (κ3) is 5.74. The van der Waals surface area contributed by atoms with E-state index in [2.05, 4.69) is 15.0 Å². The van der Waals surface area contributed by atoms with E-state index in [0.29, 0.717) is 6.07 Å². The van der Waals surface area contributed by atoms with Crippen LogP contribution in [0.15, 0.2) is 60.8 Å². The molecule has 162 valence electrons. The number of pyridine rings is 1. The lowest BCUT2D eigenvalue weighted by atomic mass is 10.2. The Bertz CT molecular complexity index is 1200. The summed E-state index contributed by atoms with van der Waals surface area (Å²) in [5, 5.41) is 2.56. The van der Waals surface area contributed by atoms with Gasteiger partial charge in [0, 0.05) is 25.7 Å². The molecule has 0 saturated heterocycles.